The summed E-state index contributed by atoms with van der Waals surface area (Å²) in [5.41, 5.74) is 0.955. The van der Waals surface area contributed by atoms with Crippen molar-refractivity contribution in [3.05, 3.63) is 60.2 Å². The Labute approximate surface area is 123 Å². The van der Waals surface area contributed by atoms with E-state index >= 15 is 0 Å². The minimum absolute atomic E-state index is 0.154. The Morgan fingerprint density at radius 3 is 2.62 bits per heavy atom. The molecule has 1 N–H and O–H groups in total. The monoisotopic (exact) mass is 288 g/mol. The van der Waals surface area contributed by atoms with E-state index in [4.69, 9.17) is 4.74 Å². The number of halogens is 1. The lowest BCUT2D eigenvalue weighted by Crippen LogP contribution is -2.37. The lowest BCUT2D eigenvalue weighted by atomic mass is 10.1. The van der Waals surface area contributed by atoms with Gasteiger partial charge in [0.05, 0.1) is 6.04 Å². The highest BCUT2D eigenvalue weighted by Gasteiger charge is 2.17. The van der Waals surface area contributed by atoms with Crippen LogP contribution in [0.15, 0.2) is 48.8 Å². The van der Waals surface area contributed by atoms with Gasteiger partial charge in [-0.2, -0.15) is 0 Å². The van der Waals surface area contributed by atoms with Gasteiger partial charge >= 0.3 is 0 Å². The summed E-state index contributed by atoms with van der Waals surface area (Å²) >= 11 is 0. The lowest BCUT2D eigenvalue weighted by Gasteiger charge is -2.19. The number of amides is 1. The molecule has 0 aliphatic heterocycles. The molecular weight excluding hydrogens is 271 g/mol. The smallest absolute Gasteiger partial charge is 0.261 e. The average molecular weight is 288 g/mol. The minimum atomic E-state index is -0.712. The van der Waals surface area contributed by atoms with Crippen molar-refractivity contribution in [1.29, 1.82) is 0 Å². The number of hydrogen-bond donors (Lipinski definition) is 1. The molecule has 2 rings (SSSR count). The van der Waals surface area contributed by atoms with E-state index in [-0.39, 0.29) is 11.9 Å². The predicted molar refractivity (Wildman–Crippen MR) is 77.3 cm³/mol. The van der Waals surface area contributed by atoms with Gasteiger partial charge in [0.2, 0.25) is 0 Å². The van der Waals surface area contributed by atoms with E-state index in [1.54, 1.807) is 25.4 Å². The zero-order valence-corrected chi connectivity index (χ0v) is 11.9. The summed E-state index contributed by atoms with van der Waals surface area (Å²) in [4.78, 5) is 16.0. The number of aromatic nitrogens is 1. The van der Waals surface area contributed by atoms with E-state index < -0.39 is 11.9 Å². The van der Waals surface area contributed by atoms with Crippen LogP contribution in [0.2, 0.25) is 0 Å². The van der Waals surface area contributed by atoms with E-state index in [9.17, 15) is 9.18 Å². The second-order valence-electron chi connectivity index (χ2n) is 4.73. The predicted octanol–water partition coefficient (Wildman–Crippen LogP) is 2.87. The molecule has 0 saturated heterocycles. The topological polar surface area (TPSA) is 51.2 Å². The van der Waals surface area contributed by atoms with Crippen molar-refractivity contribution >= 4 is 5.91 Å². The van der Waals surface area contributed by atoms with Gasteiger partial charge in [0.1, 0.15) is 11.6 Å². The summed E-state index contributed by atoms with van der Waals surface area (Å²) in [6.45, 7) is 3.50. The van der Waals surface area contributed by atoms with E-state index in [1.807, 2.05) is 19.1 Å². The van der Waals surface area contributed by atoms with Crippen LogP contribution in [0.5, 0.6) is 5.75 Å². The standard InChI is InChI=1S/C16H17FN2O2/c1-11(13-6-8-18-9-7-13)19-16(20)12(2)21-15-5-3-4-14(17)10-15/h3-12H,1-2H3,(H,19,20). The van der Waals surface area contributed by atoms with E-state index in [0.717, 1.165) is 5.56 Å². The molecule has 2 aromatic rings. The third-order valence-electron chi connectivity index (χ3n) is 3.04. The third-order valence-corrected chi connectivity index (χ3v) is 3.04. The first-order valence-electron chi connectivity index (χ1n) is 6.69. The zero-order chi connectivity index (χ0) is 15.2. The summed E-state index contributed by atoms with van der Waals surface area (Å²) in [6, 6.07) is 9.23. The van der Waals surface area contributed by atoms with Gasteiger partial charge in [-0.15, -0.1) is 0 Å². The molecule has 1 aromatic carbocycles. The molecule has 0 aliphatic rings. The molecule has 110 valence electrons. The number of carbonyl (C=O) groups is 1. The molecule has 2 atom stereocenters. The van der Waals surface area contributed by atoms with Gasteiger partial charge in [-0.25, -0.2) is 4.39 Å². The molecule has 4 nitrogen and oxygen atoms in total. The van der Waals surface area contributed by atoms with Gasteiger partial charge in [-0.1, -0.05) is 6.07 Å². The molecule has 1 aromatic heterocycles. The summed E-state index contributed by atoms with van der Waals surface area (Å²) in [5.74, 6) is -0.331. The van der Waals surface area contributed by atoms with Crippen molar-refractivity contribution in [1.82, 2.24) is 10.3 Å². The van der Waals surface area contributed by atoms with Crippen molar-refractivity contribution in [2.45, 2.75) is 26.0 Å². The van der Waals surface area contributed by atoms with Crippen LogP contribution < -0.4 is 10.1 Å². The molecule has 1 heterocycles. The number of nitrogens with zero attached hydrogens (tertiary/aromatic N) is 1. The van der Waals surface area contributed by atoms with Gasteiger partial charge in [0.15, 0.2) is 6.10 Å². The van der Waals surface area contributed by atoms with Crippen molar-refractivity contribution < 1.29 is 13.9 Å². The van der Waals surface area contributed by atoms with Crippen LogP contribution in [0, 0.1) is 5.82 Å². The Morgan fingerprint density at radius 1 is 1.24 bits per heavy atom. The zero-order valence-electron chi connectivity index (χ0n) is 11.9. The Bertz CT molecular complexity index is 604. The summed E-state index contributed by atoms with van der Waals surface area (Å²) < 4.78 is 18.5. The summed E-state index contributed by atoms with van der Waals surface area (Å²) in [5, 5.41) is 2.85. The minimum Gasteiger partial charge on any atom is -0.481 e. The molecule has 0 saturated carbocycles. The third kappa shape index (κ3) is 4.27. The molecule has 21 heavy (non-hydrogen) atoms. The van der Waals surface area contributed by atoms with Crippen LogP contribution in [-0.4, -0.2) is 17.0 Å². The maximum absolute atomic E-state index is 13.1. The van der Waals surface area contributed by atoms with Gasteiger partial charge in [-0.3, -0.25) is 9.78 Å². The Balaban J connectivity index is 1.94. The molecule has 2 unspecified atom stereocenters. The highest BCUT2D eigenvalue weighted by atomic mass is 19.1. The quantitative estimate of drug-likeness (QED) is 0.920. The maximum Gasteiger partial charge on any atom is 0.261 e. The molecule has 0 bridgehead atoms. The Kier molecular flexibility index (Phi) is 4.87. The number of carbonyl (C=O) groups excluding carboxylic acids is 1. The van der Waals surface area contributed by atoms with E-state index in [0.29, 0.717) is 5.75 Å². The largest absolute Gasteiger partial charge is 0.481 e. The highest BCUT2D eigenvalue weighted by Crippen LogP contribution is 2.15. The Hall–Kier alpha value is -2.43. The van der Waals surface area contributed by atoms with Crippen LogP contribution in [0.3, 0.4) is 0 Å². The fourth-order valence-corrected chi connectivity index (χ4v) is 1.86. The number of benzene rings is 1. The van der Waals surface area contributed by atoms with Gasteiger partial charge < -0.3 is 10.1 Å². The number of ether oxygens (including phenoxy) is 1. The molecule has 0 radical (unpaired) electrons. The first-order valence-corrected chi connectivity index (χ1v) is 6.69. The van der Waals surface area contributed by atoms with E-state index in [1.165, 1.54) is 18.2 Å². The summed E-state index contributed by atoms with van der Waals surface area (Å²) in [7, 11) is 0. The van der Waals surface area contributed by atoms with Crippen molar-refractivity contribution in [3.63, 3.8) is 0 Å². The van der Waals surface area contributed by atoms with Crippen LogP contribution in [-0.2, 0) is 4.79 Å². The summed E-state index contributed by atoms with van der Waals surface area (Å²) in [6.07, 6.45) is 2.63. The average Bonchev–Trinajstić information content (AvgIpc) is 2.48. The van der Waals surface area contributed by atoms with Crippen molar-refractivity contribution in [3.8, 4) is 5.75 Å². The van der Waals surface area contributed by atoms with Crippen LogP contribution in [0.25, 0.3) is 0 Å². The molecule has 0 fully saturated rings. The normalized spacial score (nSPS) is 13.3. The molecule has 0 spiro atoms. The SMILES string of the molecule is CC(Oc1cccc(F)c1)C(=O)NC(C)c1ccncc1. The Morgan fingerprint density at radius 2 is 1.95 bits per heavy atom. The molecule has 1 amide bonds. The van der Waals surface area contributed by atoms with Crippen LogP contribution in [0.1, 0.15) is 25.5 Å². The van der Waals surface area contributed by atoms with E-state index in [2.05, 4.69) is 10.3 Å². The highest BCUT2D eigenvalue weighted by molar-refractivity contribution is 5.81. The van der Waals surface area contributed by atoms with Gasteiger partial charge in [0.25, 0.3) is 5.91 Å². The molecule has 5 heteroatoms. The second kappa shape index (κ2) is 6.83. The van der Waals surface area contributed by atoms with Crippen molar-refractivity contribution in [2.75, 3.05) is 0 Å². The second-order valence-corrected chi connectivity index (χ2v) is 4.73. The van der Waals surface area contributed by atoms with Crippen LogP contribution >= 0.6 is 0 Å². The maximum atomic E-state index is 13.1. The van der Waals surface area contributed by atoms with Gasteiger partial charge in [0, 0.05) is 18.5 Å². The number of pyridine rings is 1. The molecular formula is C16H17FN2O2. The fourth-order valence-electron chi connectivity index (χ4n) is 1.86. The fraction of sp³-hybridized carbons (Fsp3) is 0.250. The number of rotatable bonds is 5. The van der Waals surface area contributed by atoms with Crippen molar-refractivity contribution in [2.24, 2.45) is 0 Å². The first-order chi connectivity index (χ1) is 10.1. The lowest BCUT2D eigenvalue weighted by molar-refractivity contribution is -0.127. The number of nitrogens with one attached hydrogen (secondary N) is 1. The van der Waals surface area contributed by atoms with Gasteiger partial charge in [-0.05, 0) is 43.7 Å². The number of hydrogen-bond acceptors (Lipinski definition) is 3. The first kappa shape index (κ1) is 15.0. The molecule has 0 aliphatic carbocycles. The van der Waals surface area contributed by atoms with Crippen LogP contribution in [0.4, 0.5) is 4.39 Å².